The van der Waals surface area contributed by atoms with E-state index in [0.29, 0.717) is 11.3 Å². The Bertz CT molecular complexity index is 1020. The molecule has 30 heavy (non-hydrogen) atoms. The highest BCUT2D eigenvalue weighted by Crippen LogP contribution is 2.22. The van der Waals surface area contributed by atoms with Crippen molar-refractivity contribution in [3.05, 3.63) is 89.7 Å². The Morgan fingerprint density at radius 2 is 1.70 bits per heavy atom. The van der Waals surface area contributed by atoms with Crippen LogP contribution in [0.25, 0.3) is 0 Å². The predicted octanol–water partition coefficient (Wildman–Crippen LogP) is 4.16. The minimum Gasteiger partial charge on any atom is -0.406 e. The normalized spacial score (nSPS) is 10.9. The van der Waals surface area contributed by atoms with Crippen molar-refractivity contribution in [3.8, 4) is 5.75 Å². The summed E-state index contributed by atoms with van der Waals surface area (Å²) in [6.07, 6.45) is -1.78. The number of hydrogen-bond acceptors (Lipinski definition) is 4. The number of carbonyl (C=O) groups is 2. The van der Waals surface area contributed by atoms with E-state index in [1.165, 1.54) is 18.3 Å². The molecule has 0 fully saturated rings. The zero-order chi connectivity index (χ0) is 21.6. The largest absolute Gasteiger partial charge is 0.573 e. The van der Waals surface area contributed by atoms with Crippen LogP contribution in [-0.4, -0.2) is 23.2 Å². The van der Waals surface area contributed by atoms with E-state index in [9.17, 15) is 22.8 Å². The lowest BCUT2D eigenvalue weighted by Crippen LogP contribution is -2.23. The lowest BCUT2D eigenvalue weighted by molar-refractivity contribution is -0.274. The summed E-state index contributed by atoms with van der Waals surface area (Å²) in [7, 11) is 0. The maximum atomic E-state index is 12.2. The third-order valence-corrected chi connectivity index (χ3v) is 3.91. The molecule has 0 spiro atoms. The van der Waals surface area contributed by atoms with Crippen LogP contribution in [0.2, 0.25) is 0 Å². The molecule has 0 bridgehead atoms. The van der Waals surface area contributed by atoms with Gasteiger partial charge in [-0.3, -0.25) is 14.6 Å². The van der Waals surface area contributed by atoms with Gasteiger partial charge in [-0.2, -0.15) is 0 Å². The van der Waals surface area contributed by atoms with Gasteiger partial charge in [0.15, 0.2) is 0 Å². The standard InChI is InChI=1S/C21H16F3N3O3/c22-21(23,24)30-18-8-6-15(7-9-18)19(28)26-12-14-3-1-5-17(11-14)27-20(29)16-4-2-10-25-13-16/h1-11,13H,12H2,(H,26,28)(H,27,29). The molecule has 0 aliphatic rings. The van der Waals surface area contributed by atoms with Crippen LogP contribution >= 0.6 is 0 Å². The quantitative estimate of drug-likeness (QED) is 0.634. The average Bonchev–Trinajstić information content (AvgIpc) is 2.72. The number of pyridine rings is 1. The molecule has 2 aromatic carbocycles. The zero-order valence-electron chi connectivity index (χ0n) is 15.4. The molecular formula is C21H16F3N3O3. The first-order chi connectivity index (χ1) is 14.3. The number of aromatic nitrogens is 1. The van der Waals surface area contributed by atoms with Crippen LogP contribution in [0.4, 0.5) is 18.9 Å². The van der Waals surface area contributed by atoms with Gasteiger partial charge in [0.1, 0.15) is 5.75 Å². The maximum absolute atomic E-state index is 12.2. The fourth-order valence-corrected chi connectivity index (χ4v) is 2.55. The number of nitrogens with one attached hydrogen (secondary N) is 2. The Morgan fingerprint density at radius 3 is 2.37 bits per heavy atom. The number of rotatable bonds is 6. The first-order valence-electron chi connectivity index (χ1n) is 8.74. The molecule has 2 N–H and O–H groups in total. The predicted molar refractivity (Wildman–Crippen MR) is 103 cm³/mol. The molecule has 0 aliphatic heterocycles. The minimum atomic E-state index is -4.79. The Balaban J connectivity index is 1.57. The summed E-state index contributed by atoms with van der Waals surface area (Å²) in [6, 6.07) is 14.8. The van der Waals surface area contributed by atoms with Crippen molar-refractivity contribution in [2.24, 2.45) is 0 Å². The number of nitrogens with zero attached hydrogens (tertiary/aromatic N) is 1. The highest BCUT2D eigenvalue weighted by atomic mass is 19.4. The number of ether oxygens (including phenoxy) is 1. The van der Waals surface area contributed by atoms with Crippen molar-refractivity contribution in [1.82, 2.24) is 10.3 Å². The van der Waals surface area contributed by atoms with Gasteiger partial charge in [0.2, 0.25) is 0 Å². The molecule has 2 amide bonds. The van der Waals surface area contributed by atoms with Crippen molar-refractivity contribution in [3.63, 3.8) is 0 Å². The van der Waals surface area contributed by atoms with Crippen LogP contribution in [0.3, 0.4) is 0 Å². The van der Waals surface area contributed by atoms with Crippen molar-refractivity contribution >= 4 is 17.5 Å². The van der Waals surface area contributed by atoms with E-state index in [2.05, 4.69) is 20.4 Å². The topological polar surface area (TPSA) is 80.3 Å². The molecular weight excluding hydrogens is 399 g/mol. The van der Waals surface area contributed by atoms with Crippen LogP contribution in [0.1, 0.15) is 26.3 Å². The number of amides is 2. The fraction of sp³-hybridized carbons (Fsp3) is 0.0952. The molecule has 154 valence electrons. The molecule has 0 saturated heterocycles. The van der Waals surface area contributed by atoms with Crippen molar-refractivity contribution in [2.45, 2.75) is 12.9 Å². The number of hydrogen-bond donors (Lipinski definition) is 2. The summed E-state index contributed by atoms with van der Waals surface area (Å²) in [4.78, 5) is 28.3. The van der Waals surface area contributed by atoms with Gasteiger partial charge in [0.25, 0.3) is 11.8 Å². The molecule has 1 aromatic heterocycles. The maximum Gasteiger partial charge on any atom is 0.573 e. The molecule has 0 atom stereocenters. The summed E-state index contributed by atoms with van der Waals surface area (Å²) in [6.45, 7) is 0.163. The molecule has 3 rings (SSSR count). The summed E-state index contributed by atoms with van der Waals surface area (Å²) in [5.74, 6) is -1.18. The smallest absolute Gasteiger partial charge is 0.406 e. The highest BCUT2D eigenvalue weighted by Gasteiger charge is 2.31. The highest BCUT2D eigenvalue weighted by molar-refractivity contribution is 6.04. The third kappa shape index (κ3) is 6.06. The minimum absolute atomic E-state index is 0.163. The molecule has 0 aliphatic carbocycles. The number of alkyl halides is 3. The van der Waals surface area contributed by atoms with Crippen LogP contribution in [0.5, 0.6) is 5.75 Å². The van der Waals surface area contributed by atoms with E-state index >= 15 is 0 Å². The number of benzene rings is 2. The van der Waals surface area contributed by atoms with Gasteiger partial charge >= 0.3 is 6.36 Å². The van der Waals surface area contributed by atoms with Crippen LogP contribution in [0, 0.1) is 0 Å². The van der Waals surface area contributed by atoms with Gasteiger partial charge in [0, 0.05) is 30.2 Å². The van der Waals surface area contributed by atoms with E-state index in [0.717, 1.165) is 17.7 Å². The van der Waals surface area contributed by atoms with Crippen LogP contribution in [0.15, 0.2) is 73.1 Å². The van der Waals surface area contributed by atoms with E-state index in [1.807, 2.05) is 0 Å². The Morgan fingerprint density at radius 1 is 0.933 bits per heavy atom. The van der Waals surface area contributed by atoms with Gasteiger partial charge in [-0.25, -0.2) is 0 Å². The van der Waals surface area contributed by atoms with Gasteiger partial charge in [-0.05, 0) is 54.1 Å². The molecule has 0 unspecified atom stereocenters. The Hall–Kier alpha value is -3.88. The molecule has 0 saturated carbocycles. The fourth-order valence-electron chi connectivity index (χ4n) is 2.55. The summed E-state index contributed by atoms with van der Waals surface area (Å²) in [5, 5.41) is 5.42. The van der Waals surface area contributed by atoms with Crippen molar-refractivity contribution < 1.29 is 27.5 Å². The SMILES string of the molecule is O=C(NCc1cccc(NC(=O)c2cccnc2)c1)c1ccc(OC(F)(F)F)cc1. The number of carbonyl (C=O) groups excluding carboxylic acids is 2. The lowest BCUT2D eigenvalue weighted by atomic mass is 10.1. The zero-order valence-corrected chi connectivity index (χ0v) is 15.4. The summed E-state index contributed by atoms with van der Waals surface area (Å²) in [5.41, 5.74) is 1.87. The van der Waals surface area contributed by atoms with Gasteiger partial charge < -0.3 is 15.4 Å². The van der Waals surface area contributed by atoms with Gasteiger partial charge in [-0.15, -0.1) is 13.2 Å². The van der Waals surface area contributed by atoms with E-state index in [-0.39, 0.29) is 18.0 Å². The summed E-state index contributed by atoms with van der Waals surface area (Å²) < 4.78 is 40.3. The lowest BCUT2D eigenvalue weighted by Gasteiger charge is -2.10. The third-order valence-electron chi connectivity index (χ3n) is 3.91. The van der Waals surface area contributed by atoms with Gasteiger partial charge in [0.05, 0.1) is 5.56 Å². The van der Waals surface area contributed by atoms with E-state index < -0.39 is 18.0 Å². The Labute approximate surface area is 169 Å². The molecule has 9 heteroatoms. The average molecular weight is 415 g/mol. The second kappa shape index (κ2) is 9.08. The van der Waals surface area contributed by atoms with Crippen LogP contribution < -0.4 is 15.4 Å². The van der Waals surface area contributed by atoms with Crippen molar-refractivity contribution in [2.75, 3.05) is 5.32 Å². The Kier molecular flexibility index (Phi) is 6.31. The second-order valence-electron chi connectivity index (χ2n) is 6.15. The molecule has 3 aromatic rings. The summed E-state index contributed by atoms with van der Waals surface area (Å²) >= 11 is 0. The van der Waals surface area contributed by atoms with Crippen LogP contribution in [-0.2, 0) is 6.54 Å². The number of anilines is 1. The van der Waals surface area contributed by atoms with E-state index in [4.69, 9.17) is 0 Å². The molecule has 0 radical (unpaired) electrons. The molecule has 1 heterocycles. The van der Waals surface area contributed by atoms with Crippen molar-refractivity contribution in [1.29, 1.82) is 0 Å². The molecule has 6 nitrogen and oxygen atoms in total. The second-order valence-corrected chi connectivity index (χ2v) is 6.15. The first-order valence-corrected chi connectivity index (χ1v) is 8.74. The number of halogens is 3. The van der Waals surface area contributed by atoms with Gasteiger partial charge in [-0.1, -0.05) is 12.1 Å². The van der Waals surface area contributed by atoms with E-state index in [1.54, 1.807) is 42.6 Å². The monoisotopic (exact) mass is 415 g/mol. The first kappa shape index (κ1) is 20.8.